The van der Waals surface area contributed by atoms with Gasteiger partial charge in [0.1, 0.15) is 5.75 Å². The van der Waals surface area contributed by atoms with Crippen molar-refractivity contribution in [3.63, 3.8) is 0 Å². The number of hydrogen-bond donors (Lipinski definition) is 2. The average Bonchev–Trinajstić information content (AvgIpc) is 2.41. The van der Waals surface area contributed by atoms with Crippen LogP contribution in [0.1, 0.15) is 19.3 Å². The smallest absolute Gasteiger partial charge is 0.223 e. The van der Waals surface area contributed by atoms with Crippen LogP contribution in [0.15, 0.2) is 30.3 Å². The first kappa shape index (κ1) is 15.8. The standard InChI is InChI=1S/C14H20N2O2.ClH/c17-14(16-12-6-9-15-10-7-12)8-11-18-13-4-2-1-3-5-13;/h1-5,12,15H,6-11H2,(H,16,17);1H. The minimum atomic E-state index is 0. The third-order valence-corrected chi connectivity index (χ3v) is 3.05. The summed E-state index contributed by atoms with van der Waals surface area (Å²) < 4.78 is 5.49. The van der Waals surface area contributed by atoms with Gasteiger partial charge < -0.3 is 15.4 Å². The molecule has 106 valence electrons. The number of para-hydroxylation sites is 1. The molecule has 0 aromatic heterocycles. The molecular formula is C14H21ClN2O2. The molecule has 1 aromatic carbocycles. The molecular weight excluding hydrogens is 264 g/mol. The molecule has 0 atom stereocenters. The molecule has 19 heavy (non-hydrogen) atoms. The minimum Gasteiger partial charge on any atom is -0.493 e. The van der Waals surface area contributed by atoms with E-state index in [1.54, 1.807) is 0 Å². The van der Waals surface area contributed by atoms with Crippen LogP contribution in [0.2, 0.25) is 0 Å². The molecule has 1 fully saturated rings. The number of carbonyl (C=O) groups excluding carboxylic acids is 1. The lowest BCUT2D eigenvalue weighted by molar-refractivity contribution is -0.122. The number of carbonyl (C=O) groups is 1. The summed E-state index contributed by atoms with van der Waals surface area (Å²) in [4.78, 5) is 11.7. The number of piperidine rings is 1. The Morgan fingerprint density at radius 2 is 1.95 bits per heavy atom. The second kappa shape index (κ2) is 8.77. The summed E-state index contributed by atoms with van der Waals surface area (Å²) in [5.74, 6) is 0.894. The molecule has 0 aliphatic carbocycles. The maximum absolute atomic E-state index is 11.7. The third-order valence-electron chi connectivity index (χ3n) is 3.05. The van der Waals surface area contributed by atoms with Crippen molar-refractivity contribution in [2.45, 2.75) is 25.3 Å². The molecule has 2 N–H and O–H groups in total. The quantitative estimate of drug-likeness (QED) is 0.866. The monoisotopic (exact) mass is 284 g/mol. The summed E-state index contributed by atoms with van der Waals surface area (Å²) >= 11 is 0. The van der Waals surface area contributed by atoms with Crippen molar-refractivity contribution >= 4 is 18.3 Å². The van der Waals surface area contributed by atoms with Gasteiger partial charge in [-0.1, -0.05) is 18.2 Å². The largest absolute Gasteiger partial charge is 0.493 e. The highest BCUT2D eigenvalue weighted by molar-refractivity contribution is 5.85. The van der Waals surface area contributed by atoms with Crippen LogP contribution < -0.4 is 15.4 Å². The molecule has 1 aliphatic rings. The normalized spacial score (nSPS) is 15.4. The zero-order valence-corrected chi connectivity index (χ0v) is 11.7. The molecule has 2 rings (SSSR count). The molecule has 0 bridgehead atoms. The van der Waals surface area contributed by atoms with Gasteiger partial charge in [-0.15, -0.1) is 12.4 Å². The van der Waals surface area contributed by atoms with Crippen molar-refractivity contribution in [1.29, 1.82) is 0 Å². The SMILES string of the molecule is Cl.O=C(CCOc1ccccc1)NC1CCNCC1. The molecule has 0 radical (unpaired) electrons. The fraction of sp³-hybridized carbons (Fsp3) is 0.500. The maximum atomic E-state index is 11.7. The Morgan fingerprint density at radius 3 is 2.63 bits per heavy atom. The Kier molecular flexibility index (Phi) is 7.30. The molecule has 1 aliphatic heterocycles. The van der Waals surface area contributed by atoms with Crippen molar-refractivity contribution in [2.24, 2.45) is 0 Å². The fourth-order valence-electron chi connectivity index (χ4n) is 2.04. The van der Waals surface area contributed by atoms with E-state index in [9.17, 15) is 4.79 Å². The average molecular weight is 285 g/mol. The van der Waals surface area contributed by atoms with E-state index in [-0.39, 0.29) is 18.3 Å². The van der Waals surface area contributed by atoms with E-state index in [1.807, 2.05) is 30.3 Å². The number of benzene rings is 1. The van der Waals surface area contributed by atoms with Gasteiger partial charge in [-0.05, 0) is 38.1 Å². The van der Waals surface area contributed by atoms with Crippen LogP contribution in [0.4, 0.5) is 0 Å². The zero-order valence-electron chi connectivity index (χ0n) is 10.9. The van der Waals surface area contributed by atoms with Gasteiger partial charge in [-0.2, -0.15) is 0 Å². The van der Waals surface area contributed by atoms with Gasteiger partial charge in [0.05, 0.1) is 13.0 Å². The molecule has 1 aromatic rings. The third kappa shape index (κ3) is 5.94. The summed E-state index contributed by atoms with van der Waals surface area (Å²) in [6, 6.07) is 9.90. The molecule has 0 saturated carbocycles. The van der Waals surface area contributed by atoms with Crippen LogP contribution >= 0.6 is 12.4 Å². The summed E-state index contributed by atoms with van der Waals surface area (Å²) in [5.41, 5.74) is 0. The molecule has 0 spiro atoms. The van der Waals surface area contributed by atoms with Crippen molar-refractivity contribution < 1.29 is 9.53 Å². The van der Waals surface area contributed by atoms with E-state index in [0.29, 0.717) is 19.1 Å². The number of nitrogens with one attached hydrogen (secondary N) is 2. The lowest BCUT2D eigenvalue weighted by Crippen LogP contribution is -2.43. The molecule has 1 heterocycles. The number of hydrogen-bond acceptors (Lipinski definition) is 3. The van der Waals surface area contributed by atoms with E-state index in [2.05, 4.69) is 10.6 Å². The van der Waals surface area contributed by atoms with Crippen molar-refractivity contribution in [3.05, 3.63) is 30.3 Å². The summed E-state index contributed by atoms with van der Waals surface area (Å²) in [7, 11) is 0. The number of amides is 1. The lowest BCUT2D eigenvalue weighted by Gasteiger charge is -2.23. The molecule has 5 heteroatoms. The highest BCUT2D eigenvalue weighted by Gasteiger charge is 2.14. The summed E-state index contributed by atoms with van der Waals surface area (Å²) in [5, 5.41) is 6.32. The molecule has 4 nitrogen and oxygen atoms in total. The van der Waals surface area contributed by atoms with E-state index in [4.69, 9.17) is 4.74 Å². The minimum absolute atomic E-state index is 0. The van der Waals surface area contributed by atoms with E-state index < -0.39 is 0 Å². The van der Waals surface area contributed by atoms with Crippen LogP contribution in [0.25, 0.3) is 0 Å². The fourth-order valence-corrected chi connectivity index (χ4v) is 2.04. The van der Waals surface area contributed by atoms with E-state index in [1.165, 1.54) is 0 Å². The summed E-state index contributed by atoms with van der Waals surface area (Å²) in [6.07, 6.45) is 2.45. The highest BCUT2D eigenvalue weighted by atomic mass is 35.5. The van der Waals surface area contributed by atoms with Gasteiger partial charge in [0.2, 0.25) is 5.91 Å². The first-order chi connectivity index (χ1) is 8.84. The van der Waals surface area contributed by atoms with Gasteiger partial charge >= 0.3 is 0 Å². The Labute approximate surface area is 120 Å². The van der Waals surface area contributed by atoms with E-state index in [0.717, 1.165) is 31.7 Å². The van der Waals surface area contributed by atoms with Crippen LogP contribution in [0.5, 0.6) is 5.75 Å². The predicted octanol–water partition coefficient (Wildman–Crippen LogP) is 1.75. The Morgan fingerprint density at radius 1 is 1.26 bits per heavy atom. The maximum Gasteiger partial charge on any atom is 0.223 e. The first-order valence-corrected chi connectivity index (χ1v) is 6.52. The Hall–Kier alpha value is -1.26. The van der Waals surface area contributed by atoms with Crippen LogP contribution in [-0.4, -0.2) is 31.6 Å². The molecule has 1 amide bonds. The lowest BCUT2D eigenvalue weighted by atomic mass is 10.1. The summed E-state index contributed by atoms with van der Waals surface area (Å²) in [6.45, 7) is 2.41. The van der Waals surface area contributed by atoms with E-state index >= 15 is 0 Å². The Balaban J connectivity index is 0.00000180. The van der Waals surface area contributed by atoms with Gasteiger partial charge in [0.15, 0.2) is 0 Å². The molecule has 0 unspecified atom stereocenters. The van der Waals surface area contributed by atoms with Crippen LogP contribution in [0, 0.1) is 0 Å². The number of halogens is 1. The predicted molar refractivity (Wildman–Crippen MR) is 77.8 cm³/mol. The number of ether oxygens (including phenoxy) is 1. The van der Waals surface area contributed by atoms with Gasteiger partial charge in [0, 0.05) is 6.04 Å². The second-order valence-corrected chi connectivity index (χ2v) is 4.50. The van der Waals surface area contributed by atoms with Gasteiger partial charge in [-0.3, -0.25) is 4.79 Å². The number of rotatable bonds is 5. The van der Waals surface area contributed by atoms with Gasteiger partial charge in [0.25, 0.3) is 0 Å². The molecule has 1 saturated heterocycles. The van der Waals surface area contributed by atoms with Crippen LogP contribution in [0.3, 0.4) is 0 Å². The topological polar surface area (TPSA) is 50.4 Å². The Bertz CT molecular complexity index is 367. The van der Waals surface area contributed by atoms with Crippen molar-refractivity contribution in [1.82, 2.24) is 10.6 Å². The second-order valence-electron chi connectivity index (χ2n) is 4.50. The first-order valence-electron chi connectivity index (χ1n) is 6.52. The highest BCUT2D eigenvalue weighted by Crippen LogP contribution is 2.08. The van der Waals surface area contributed by atoms with Crippen LogP contribution in [-0.2, 0) is 4.79 Å². The van der Waals surface area contributed by atoms with Gasteiger partial charge in [-0.25, -0.2) is 0 Å². The van der Waals surface area contributed by atoms with Crippen molar-refractivity contribution in [3.8, 4) is 5.75 Å². The van der Waals surface area contributed by atoms with Crippen molar-refractivity contribution in [2.75, 3.05) is 19.7 Å². The zero-order chi connectivity index (χ0) is 12.6.